The molecule has 0 saturated heterocycles. The second kappa shape index (κ2) is 9.05. The highest BCUT2D eigenvalue weighted by atomic mass is 32.1. The van der Waals surface area contributed by atoms with Gasteiger partial charge >= 0.3 is 0 Å². The van der Waals surface area contributed by atoms with Gasteiger partial charge in [-0.15, -0.1) is 11.3 Å². The number of thiazole rings is 1. The average Bonchev–Trinajstić information content (AvgIpc) is 3.07. The molecule has 140 valence electrons. The number of amides is 1. The lowest BCUT2D eigenvalue weighted by atomic mass is 10.0. The highest BCUT2D eigenvalue weighted by Gasteiger charge is 2.27. The number of carbonyl (C=O) groups excluding carboxylic acids is 2. The summed E-state index contributed by atoms with van der Waals surface area (Å²) in [5.41, 5.74) is 1.57. The van der Waals surface area contributed by atoms with Crippen molar-refractivity contribution in [2.75, 3.05) is 0 Å². The van der Waals surface area contributed by atoms with Gasteiger partial charge < -0.3 is 10.6 Å². The Hall–Kier alpha value is -2.05. The summed E-state index contributed by atoms with van der Waals surface area (Å²) in [7, 11) is 0. The van der Waals surface area contributed by atoms with Crippen molar-refractivity contribution in [2.45, 2.75) is 58.7 Å². The molecule has 0 bridgehead atoms. The molecule has 1 amide bonds. The molecule has 0 fully saturated rings. The largest absolute Gasteiger partial charge is 0.344 e. The van der Waals surface area contributed by atoms with E-state index in [0.29, 0.717) is 6.42 Å². The average molecular weight is 374 g/mol. The molecule has 0 spiro atoms. The summed E-state index contributed by atoms with van der Waals surface area (Å²) in [4.78, 5) is 29.3. The molecule has 2 N–H and O–H groups in total. The zero-order chi connectivity index (χ0) is 19.2. The summed E-state index contributed by atoms with van der Waals surface area (Å²) in [5.74, 6) is -0.977. The molecule has 26 heavy (non-hydrogen) atoms. The van der Waals surface area contributed by atoms with Crippen LogP contribution in [0.2, 0.25) is 0 Å². The highest BCUT2D eigenvalue weighted by Crippen LogP contribution is 2.23. The molecule has 6 heteroatoms. The standard InChI is InChI=1S/C20H27N3O2S/c1-5-9-16(23-20(2,3)4)17(24)18(25)21-12-15-13-26-19(22-15)14-10-7-6-8-11-14/h6-8,10-11,13,16,23H,5,9,12H2,1-4H3,(H,21,25). The van der Waals surface area contributed by atoms with Gasteiger partial charge in [-0.05, 0) is 27.2 Å². The van der Waals surface area contributed by atoms with E-state index in [1.165, 1.54) is 11.3 Å². The third-order valence-corrected chi connectivity index (χ3v) is 4.67. The topological polar surface area (TPSA) is 71.1 Å². The Labute approximate surface area is 159 Å². The minimum absolute atomic E-state index is 0.227. The van der Waals surface area contributed by atoms with Crippen LogP contribution in [0.4, 0.5) is 0 Å². The minimum atomic E-state index is -0.561. The maximum Gasteiger partial charge on any atom is 0.289 e. The minimum Gasteiger partial charge on any atom is -0.344 e. The van der Waals surface area contributed by atoms with E-state index in [0.717, 1.165) is 22.7 Å². The van der Waals surface area contributed by atoms with Crippen LogP contribution in [0.5, 0.6) is 0 Å². The van der Waals surface area contributed by atoms with Crippen LogP contribution >= 0.6 is 11.3 Å². The van der Waals surface area contributed by atoms with Crippen LogP contribution in [0.1, 0.15) is 46.2 Å². The van der Waals surface area contributed by atoms with Crippen LogP contribution in [0.3, 0.4) is 0 Å². The number of nitrogens with zero attached hydrogens (tertiary/aromatic N) is 1. The first kappa shape index (κ1) is 20.3. The van der Waals surface area contributed by atoms with Crippen LogP contribution in [0.15, 0.2) is 35.7 Å². The molecular formula is C20H27N3O2S. The molecule has 0 aliphatic carbocycles. The molecule has 0 aliphatic rings. The van der Waals surface area contributed by atoms with E-state index in [1.54, 1.807) is 0 Å². The number of hydrogen-bond donors (Lipinski definition) is 2. The Bertz CT molecular complexity index is 735. The van der Waals surface area contributed by atoms with Crippen molar-refractivity contribution in [1.82, 2.24) is 15.6 Å². The quantitative estimate of drug-likeness (QED) is 0.694. The Morgan fingerprint density at radius 2 is 1.88 bits per heavy atom. The molecule has 1 aromatic carbocycles. The van der Waals surface area contributed by atoms with Gasteiger partial charge in [0.2, 0.25) is 5.78 Å². The van der Waals surface area contributed by atoms with Crippen molar-refractivity contribution in [3.8, 4) is 10.6 Å². The van der Waals surface area contributed by atoms with E-state index in [9.17, 15) is 9.59 Å². The number of benzene rings is 1. The van der Waals surface area contributed by atoms with Crippen LogP contribution in [-0.2, 0) is 16.1 Å². The lowest BCUT2D eigenvalue weighted by Gasteiger charge is -2.27. The first-order valence-electron chi connectivity index (χ1n) is 8.89. The van der Waals surface area contributed by atoms with E-state index < -0.39 is 17.7 Å². The smallest absolute Gasteiger partial charge is 0.289 e. The molecule has 2 rings (SSSR count). The Morgan fingerprint density at radius 1 is 1.19 bits per heavy atom. The molecule has 2 aromatic rings. The number of ketones is 1. The number of Topliss-reactive ketones (excluding diaryl/α,β-unsaturated/α-hetero) is 1. The van der Waals surface area contributed by atoms with Crippen molar-refractivity contribution in [2.24, 2.45) is 0 Å². The van der Waals surface area contributed by atoms with Gasteiger partial charge in [-0.1, -0.05) is 43.7 Å². The van der Waals surface area contributed by atoms with Crippen LogP contribution in [0.25, 0.3) is 10.6 Å². The number of nitrogens with one attached hydrogen (secondary N) is 2. The number of rotatable bonds is 8. The maximum absolute atomic E-state index is 12.5. The molecule has 5 nitrogen and oxygen atoms in total. The van der Waals surface area contributed by atoms with Crippen molar-refractivity contribution < 1.29 is 9.59 Å². The third kappa shape index (κ3) is 6.04. The predicted octanol–water partition coefficient (Wildman–Crippen LogP) is 3.55. The van der Waals surface area contributed by atoms with Crippen molar-refractivity contribution >= 4 is 23.0 Å². The second-order valence-electron chi connectivity index (χ2n) is 7.29. The van der Waals surface area contributed by atoms with Crippen LogP contribution in [0, 0.1) is 0 Å². The van der Waals surface area contributed by atoms with Crippen LogP contribution < -0.4 is 10.6 Å². The number of aromatic nitrogens is 1. The Balaban J connectivity index is 1.95. The van der Waals surface area contributed by atoms with Crippen molar-refractivity contribution in [3.05, 3.63) is 41.4 Å². The molecular weight excluding hydrogens is 346 g/mol. The molecule has 1 unspecified atom stereocenters. The van der Waals surface area contributed by atoms with E-state index in [1.807, 2.05) is 63.4 Å². The zero-order valence-electron chi connectivity index (χ0n) is 15.8. The molecule has 0 radical (unpaired) electrons. The van der Waals surface area contributed by atoms with E-state index in [2.05, 4.69) is 15.6 Å². The summed E-state index contributed by atoms with van der Waals surface area (Å²) < 4.78 is 0. The first-order valence-corrected chi connectivity index (χ1v) is 9.77. The lowest BCUT2D eigenvalue weighted by Crippen LogP contribution is -2.51. The van der Waals surface area contributed by atoms with E-state index in [4.69, 9.17) is 0 Å². The maximum atomic E-state index is 12.5. The summed E-state index contributed by atoms with van der Waals surface area (Å²) in [6.45, 7) is 8.22. The molecule has 1 atom stereocenters. The molecule has 1 heterocycles. The fourth-order valence-electron chi connectivity index (χ4n) is 2.60. The van der Waals surface area contributed by atoms with Gasteiger partial charge in [0.1, 0.15) is 5.01 Å². The normalized spacial score (nSPS) is 12.6. The number of hydrogen-bond acceptors (Lipinski definition) is 5. The van der Waals surface area contributed by atoms with Crippen LogP contribution in [-0.4, -0.2) is 28.3 Å². The van der Waals surface area contributed by atoms with Gasteiger partial charge in [0.15, 0.2) is 0 Å². The summed E-state index contributed by atoms with van der Waals surface area (Å²) in [6.07, 6.45) is 1.47. The lowest BCUT2D eigenvalue weighted by molar-refractivity contribution is -0.139. The Kier molecular flexibility index (Phi) is 7.06. The van der Waals surface area contributed by atoms with Gasteiger partial charge in [-0.2, -0.15) is 0 Å². The highest BCUT2D eigenvalue weighted by molar-refractivity contribution is 7.13. The van der Waals surface area contributed by atoms with Gasteiger partial charge in [0, 0.05) is 16.5 Å². The van der Waals surface area contributed by atoms with Gasteiger partial charge in [0.25, 0.3) is 5.91 Å². The SMILES string of the molecule is CCCC(NC(C)(C)C)C(=O)C(=O)NCc1csc(-c2ccccc2)n1. The number of carbonyl (C=O) groups is 2. The molecule has 0 saturated carbocycles. The second-order valence-corrected chi connectivity index (χ2v) is 8.15. The zero-order valence-corrected chi connectivity index (χ0v) is 16.7. The summed E-state index contributed by atoms with van der Waals surface area (Å²) >= 11 is 1.53. The molecule has 1 aromatic heterocycles. The monoisotopic (exact) mass is 373 g/mol. The third-order valence-electron chi connectivity index (χ3n) is 3.73. The van der Waals surface area contributed by atoms with Gasteiger partial charge in [0.05, 0.1) is 18.3 Å². The van der Waals surface area contributed by atoms with E-state index in [-0.39, 0.29) is 12.1 Å². The summed E-state index contributed by atoms with van der Waals surface area (Å²) in [5, 5.41) is 8.75. The molecule has 0 aliphatic heterocycles. The Morgan fingerprint density at radius 3 is 2.50 bits per heavy atom. The van der Waals surface area contributed by atoms with Gasteiger partial charge in [-0.25, -0.2) is 4.98 Å². The summed E-state index contributed by atoms with van der Waals surface area (Å²) in [6, 6.07) is 9.42. The van der Waals surface area contributed by atoms with Gasteiger partial charge in [-0.3, -0.25) is 9.59 Å². The van der Waals surface area contributed by atoms with E-state index >= 15 is 0 Å². The fourth-order valence-corrected chi connectivity index (χ4v) is 3.42. The fraction of sp³-hybridized carbons (Fsp3) is 0.450. The first-order chi connectivity index (χ1) is 12.3. The predicted molar refractivity (Wildman–Crippen MR) is 106 cm³/mol. The van der Waals surface area contributed by atoms with Crippen molar-refractivity contribution in [1.29, 1.82) is 0 Å². The van der Waals surface area contributed by atoms with Crippen molar-refractivity contribution in [3.63, 3.8) is 0 Å².